The maximum Gasteiger partial charge on any atom is 0.413 e. The highest BCUT2D eigenvalue weighted by Crippen LogP contribution is 2.23. The summed E-state index contributed by atoms with van der Waals surface area (Å²) in [5.74, 6) is -0.422. The second-order valence-electron chi connectivity index (χ2n) is 4.71. The van der Waals surface area contributed by atoms with Crippen molar-refractivity contribution in [3.05, 3.63) is 48.0 Å². The second-order valence-corrected chi connectivity index (χ2v) is 4.71. The molecule has 21 heavy (non-hydrogen) atoms. The molecule has 2 aromatic rings. The molecule has 0 radical (unpaired) electrons. The number of fused-ring (bicyclic) bond motifs is 1. The van der Waals surface area contributed by atoms with E-state index in [0.29, 0.717) is 0 Å². The van der Waals surface area contributed by atoms with Crippen LogP contribution in [0.15, 0.2) is 42.5 Å². The first-order valence-electron chi connectivity index (χ1n) is 6.70. The number of rotatable bonds is 4. The minimum Gasteiger partial charge on any atom is -0.453 e. The Morgan fingerprint density at radius 3 is 2.62 bits per heavy atom. The van der Waals surface area contributed by atoms with Crippen LogP contribution in [0.5, 0.6) is 0 Å². The van der Waals surface area contributed by atoms with E-state index < -0.39 is 12.0 Å². The Bertz CT molecular complexity index is 650. The Kier molecular flexibility index (Phi) is 4.90. The third-order valence-corrected chi connectivity index (χ3v) is 3.29. The zero-order chi connectivity index (χ0) is 15.2. The standard InChI is InChI=1S/C16H18N2O3/c1-11(17-10-15(19)18-16(20)21-2)13-9-5-7-12-6-3-4-8-14(12)13/h3-9,11,17H,10H2,1-2H3,(H,18,19,20)/t11-/m0/s1. The summed E-state index contributed by atoms with van der Waals surface area (Å²) in [5.41, 5.74) is 1.11. The number of ether oxygens (including phenoxy) is 1. The summed E-state index contributed by atoms with van der Waals surface area (Å²) in [6, 6.07) is 14.1. The van der Waals surface area contributed by atoms with Gasteiger partial charge in [0.05, 0.1) is 13.7 Å². The van der Waals surface area contributed by atoms with Crippen molar-refractivity contribution >= 4 is 22.8 Å². The van der Waals surface area contributed by atoms with Gasteiger partial charge in [0, 0.05) is 6.04 Å². The van der Waals surface area contributed by atoms with Gasteiger partial charge in [0.1, 0.15) is 0 Å². The van der Waals surface area contributed by atoms with Gasteiger partial charge in [0.15, 0.2) is 0 Å². The lowest BCUT2D eigenvalue weighted by Gasteiger charge is -2.16. The molecule has 0 aliphatic rings. The van der Waals surface area contributed by atoms with E-state index in [9.17, 15) is 9.59 Å². The van der Waals surface area contributed by atoms with E-state index in [-0.39, 0.29) is 12.6 Å². The number of alkyl carbamates (subject to hydrolysis) is 1. The first-order valence-corrected chi connectivity index (χ1v) is 6.70. The van der Waals surface area contributed by atoms with E-state index in [1.54, 1.807) is 0 Å². The van der Waals surface area contributed by atoms with Crippen LogP contribution < -0.4 is 10.6 Å². The summed E-state index contributed by atoms with van der Waals surface area (Å²) in [6.45, 7) is 2.02. The van der Waals surface area contributed by atoms with Crippen LogP contribution in [0.3, 0.4) is 0 Å². The van der Waals surface area contributed by atoms with Crippen molar-refractivity contribution in [2.24, 2.45) is 0 Å². The molecule has 5 heteroatoms. The molecule has 1 atom stereocenters. The molecule has 0 aliphatic heterocycles. The van der Waals surface area contributed by atoms with Crippen LogP contribution in [0.4, 0.5) is 4.79 Å². The van der Waals surface area contributed by atoms with Gasteiger partial charge in [-0.2, -0.15) is 0 Å². The number of hydrogen-bond donors (Lipinski definition) is 2. The second kappa shape index (κ2) is 6.85. The third kappa shape index (κ3) is 3.79. The molecule has 2 amide bonds. The van der Waals surface area contributed by atoms with E-state index in [4.69, 9.17) is 0 Å². The summed E-state index contributed by atoms with van der Waals surface area (Å²) in [4.78, 5) is 22.5. The molecule has 110 valence electrons. The lowest BCUT2D eigenvalue weighted by Crippen LogP contribution is -2.38. The Morgan fingerprint density at radius 2 is 1.86 bits per heavy atom. The molecule has 0 aromatic heterocycles. The average Bonchev–Trinajstić information content (AvgIpc) is 2.51. The molecule has 5 nitrogen and oxygen atoms in total. The van der Waals surface area contributed by atoms with E-state index >= 15 is 0 Å². The van der Waals surface area contributed by atoms with Crippen molar-refractivity contribution in [1.82, 2.24) is 10.6 Å². The number of benzene rings is 2. The van der Waals surface area contributed by atoms with Gasteiger partial charge < -0.3 is 10.1 Å². The van der Waals surface area contributed by atoms with Gasteiger partial charge in [-0.15, -0.1) is 0 Å². The fourth-order valence-electron chi connectivity index (χ4n) is 2.19. The number of amides is 2. The number of hydrogen-bond acceptors (Lipinski definition) is 4. The lowest BCUT2D eigenvalue weighted by atomic mass is 10.00. The van der Waals surface area contributed by atoms with Crippen LogP contribution in [0, 0.1) is 0 Å². The molecule has 0 fully saturated rings. The Hall–Kier alpha value is -2.40. The van der Waals surface area contributed by atoms with Crippen LogP contribution in [0.2, 0.25) is 0 Å². The van der Waals surface area contributed by atoms with Gasteiger partial charge in [0.2, 0.25) is 5.91 Å². The normalized spacial score (nSPS) is 11.9. The number of imide groups is 1. The summed E-state index contributed by atoms with van der Waals surface area (Å²) in [6.07, 6.45) is -0.750. The predicted molar refractivity (Wildman–Crippen MR) is 80.9 cm³/mol. The molecule has 0 aliphatic carbocycles. The Balaban J connectivity index is 2.04. The van der Waals surface area contributed by atoms with E-state index in [1.807, 2.05) is 31.2 Å². The molecule has 0 bridgehead atoms. The summed E-state index contributed by atoms with van der Waals surface area (Å²) in [7, 11) is 1.22. The monoisotopic (exact) mass is 286 g/mol. The number of carbonyl (C=O) groups is 2. The predicted octanol–water partition coefficient (Wildman–Crippen LogP) is 2.37. The Labute approximate surface area is 123 Å². The number of carbonyl (C=O) groups excluding carboxylic acids is 2. The van der Waals surface area contributed by atoms with Gasteiger partial charge in [0.25, 0.3) is 0 Å². The van der Waals surface area contributed by atoms with Gasteiger partial charge in [-0.1, -0.05) is 42.5 Å². The molecular weight excluding hydrogens is 268 g/mol. The fraction of sp³-hybridized carbons (Fsp3) is 0.250. The largest absolute Gasteiger partial charge is 0.453 e. The van der Waals surface area contributed by atoms with Gasteiger partial charge in [-0.25, -0.2) is 4.79 Å². The molecule has 0 spiro atoms. The van der Waals surface area contributed by atoms with Crippen molar-refractivity contribution in [1.29, 1.82) is 0 Å². The smallest absolute Gasteiger partial charge is 0.413 e. The molecule has 0 saturated carbocycles. The van der Waals surface area contributed by atoms with Crippen molar-refractivity contribution < 1.29 is 14.3 Å². The van der Waals surface area contributed by atoms with Gasteiger partial charge >= 0.3 is 6.09 Å². The molecule has 2 rings (SSSR count). The first-order chi connectivity index (χ1) is 10.1. The molecule has 0 saturated heterocycles. The van der Waals surface area contributed by atoms with Gasteiger partial charge in [-0.05, 0) is 23.3 Å². The molecular formula is C16H18N2O3. The molecule has 2 aromatic carbocycles. The van der Waals surface area contributed by atoms with Crippen molar-refractivity contribution in [3.63, 3.8) is 0 Å². The van der Waals surface area contributed by atoms with E-state index in [0.717, 1.165) is 16.3 Å². The van der Waals surface area contributed by atoms with Crippen LogP contribution in [0.1, 0.15) is 18.5 Å². The van der Waals surface area contributed by atoms with Crippen molar-refractivity contribution in [3.8, 4) is 0 Å². The van der Waals surface area contributed by atoms with Crippen LogP contribution >= 0.6 is 0 Å². The summed E-state index contributed by atoms with van der Waals surface area (Å²) in [5, 5.41) is 7.51. The van der Waals surface area contributed by atoms with Crippen molar-refractivity contribution in [2.75, 3.05) is 13.7 Å². The first kappa shape index (κ1) is 15.0. The fourth-order valence-corrected chi connectivity index (χ4v) is 2.19. The van der Waals surface area contributed by atoms with Crippen LogP contribution in [-0.4, -0.2) is 25.7 Å². The number of nitrogens with one attached hydrogen (secondary N) is 2. The quantitative estimate of drug-likeness (QED) is 0.905. The summed E-state index contributed by atoms with van der Waals surface area (Å²) < 4.78 is 4.37. The minimum atomic E-state index is -0.750. The van der Waals surface area contributed by atoms with Gasteiger partial charge in [-0.3, -0.25) is 10.1 Å². The van der Waals surface area contributed by atoms with Crippen LogP contribution in [-0.2, 0) is 9.53 Å². The third-order valence-electron chi connectivity index (χ3n) is 3.29. The van der Waals surface area contributed by atoms with E-state index in [1.165, 1.54) is 7.11 Å². The van der Waals surface area contributed by atoms with Crippen LogP contribution in [0.25, 0.3) is 10.8 Å². The summed E-state index contributed by atoms with van der Waals surface area (Å²) >= 11 is 0. The average molecular weight is 286 g/mol. The molecule has 0 unspecified atom stereocenters. The maximum atomic E-state index is 11.5. The Morgan fingerprint density at radius 1 is 1.14 bits per heavy atom. The SMILES string of the molecule is COC(=O)NC(=O)CN[C@@H](C)c1cccc2ccccc12. The van der Waals surface area contributed by atoms with Crippen molar-refractivity contribution in [2.45, 2.75) is 13.0 Å². The lowest BCUT2D eigenvalue weighted by molar-refractivity contribution is -0.119. The number of methoxy groups -OCH3 is 1. The minimum absolute atomic E-state index is 0.0144. The highest BCUT2D eigenvalue weighted by Gasteiger charge is 2.12. The maximum absolute atomic E-state index is 11.5. The highest BCUT2D eigenvalue weighted by molar-refractivity contribution is 5.92. The molecule has 0 heterocycles. The highest BCUT2D eigenvalue weighted by atomic mass is 16.5. The zero-order valence-corrected chi connectivity index (χ0v) is 12.1. The van der Waals surface area contributed by atoms with E-state index in [2.05, 4.69) is 33.6 Å². The molecule has 2 N–H and O–H groups in total. The zero-order valence-electron chi connectivity index (χ0n) is 12.1. The topological polar surface area (TPSA) is 67.4 Å².